The minimum absolute atomic E-state index is 0. The summed E-state index contributed by atoms with van der Waals surface area (Å²) >= 11 is 0. The van der Waals surface area contributed by atoms with E-state index in [4.69, 9.17) is 4.74 Å². The molecule has 3 aromatic carbocycles. The maximum absolute atomic E-state index is 11.9. The van der Waals surface area contributed by atoms with Crippen LogP contribution in [-0.2, 0) is 6.61 Å². The monoisotopic (exact) mass is 520 g/mol. The highest BCUT2D eigenvalue weighted by atomic mass is 16.5. The van der Waals surface area contributed by atoms with Crippen LogP contribution >= 0.6 is 0 Å². The normalized spacial score (nSPS) is 11.5. The maximum atomic E-state index is 11.9. The van der Waals surface area contributed by atoms with E-state index in [1.807, 2.05) is 55.5 Å². The highest BCUT2D eigenvalue weighted by molar-refractivity contribution is 5.99. The van der Waals surface area contributed by atoms with Gasteiger partial charge in [0.1, 0.15) is 24.2 Å². The molecule has 0 radical (unpaired) electrons. The number of hydrogen-bond acceptors (Lipinski definition) is 6. The standard InChI is InChI=1S/C27H30N2O4.C4H10.CH4/c1-5-24(30)23-13-14-25(17(2)26(23)31)33-16-19-9-11-20(12-10-19)27(32)22-8-6-7-21(15-22)18(3)29-28-4;1-3-4-2;/h6-15,27-28,31-32H,5,16H2,1-4H3;3-4H2,1-2H3;1H4/b29-18+;;. The Bertz CT molecular complexity index is 1180. The molecule has 0 heterocycles. The summed E-state index contributed by atoms with van der Waals surface area (Å²) in [5, 5.41) is 25.4. The van der Waals surface area contributed by atoms with E-state index in [1.54, 1.807) is 33.0 Å². The summed E-state index contributed by atoms with van der Waals surface area (Å²) in [5.74, 6) is 0.390. The Balaban J connectivity index is 0.00000135. The van der Waals surface area contributed by atoms with Crippen LogP contribution in [0.25, 0.3) is 0 Å². The van der Waals surface area contributed by atoms with Gasteiger partial charge in [-0.05, 0) is 54.3 Å². The number of aliphatic hydroxyl groups is 1. The van der Waals surface area contributed by atoms with Gasteiger partial charge in [-0.2, -0.15) is 5.10 Å². The highest BCUT2D eigenvalue weighted by Gasteiger charge is 2.15. The van der Waals surface area contributed by atoms with Crippen LogP contribution in [0, 0.1) is 6.92 Å². The second-order valence-electron chi connectivity index (χ2n) is 8.84. The lowest BCUT2D eigenvalue weighted by molar-refractivity contribution is 0.0985. The highest BCUT2D eigenvalue weighted by Crippen LogP contribution is 2.32. The average Bonchev–Trinajstić information content (AvgIpc) is 2.93. The Hall–Kier alpha value is -3.64. The number of benzene rings is 3. The Labute approximate surface area is 228 Å². The number of unbranched alkanes of at least 4 members (excludes halogenated alkanes) is 1. The Morgan fingerprint density at radius 1 is 1.00 bits per heavy atom. The van der Waals surface area contributed by atoms with E-state index >= 15 is 0 Å². The van der Waals surface area contributed by atoms with Crippen molar-refractivity contribution in [2.24, 2.45) is 5.10 Å². The third-order valence-electron chi connectivity index (χ3n) is 6.09. The van der Waals surface area contributed by atoms with Crippen molar-refractivity contribution in [3.8, 4) is 11.5 Å². The number of Topliss-reactive ketones (excluding diaryl/α,β-unsaturated/α-hetero) is 1. The number of carbonyl (C=O) groups excluding carboxylic acids is 1. The summed E-state index contributed by atoms with van der Waals surface area (Å²) in [6.07, 6.45) is 2.21. The van der Waals surface area contributed by atoms with Crippen LogP contribution in [0.3, 0.4) is 0 Å². The molecule has 0 saturated carbocycles. The molecule has 0 amide bonds. The molecular formula is C32H44N2O4. The largest absolute Gasteiger partial charge is 0.507 e. The molecule has 38 heavy (non-hydrogen) atoms. The topological polar surface area (TPSA) is 91.2 Å². The fraction of sp³-hybridized carbons (Fsp3) is 0.375. The number of phenols is 1. The predicted octanol–water partition coefficient (Wildman–Crippen LogP) is 7.34. The van der Waals surface area contributed by atoms with Crippen LogP contribution < -0.4 is 10.2 Å². The summed E-state index contributed by atoms with van der Waals surface area (Å²) in [6.45, 7) is 10.1. The van der Waals surface area contributed by atoms with Gasteiger partial charge in [-0.25, -0.2) is 0 Å². The molecule has 6 nitrogen and oxygen atoms in total. The van der Waals surface area contributed by atoms with Gasteiger partial charge in [-0.1, -0.05) is 83.5 Å². The van der Waals surface area contributed by atoms with Crippen molar-refractivity contribution in [1.29, 1.82) is 0 Å². The predicted molar refractivity (Wildman–Crippen MR) is 157 cm³/mol. The van der Waals surface area contributed by atoms with Gasteiger partial charge in [-0.3, -0.25) is 4.79 Å². The van der Waals surface area contributed by atoms with E-state index in [2.05, 4.69) is 24.4 Å². The van der Waals surface area contributed by atoms with Crippen LogP contribution in [0.4, 0.5) is 0 Å². The number of carbonyl (C=O) groups is 1. The second kappa shape index (κ2) is 16.3. The molecule has 6 heteroatoms. The summed E-state index contributed by atoms with van der Waals surface area (Å²) in [6, 6.07) is 18.5. The number of hydrogen-bond donors (Lipinski definition) is 3. The summed E-state index contributed by atoms with van der Waals surface area (Å²) in [5.41, 5.74) is 7.90. The Kier molecular flexibility index (Phi) is 13.9. The number of ether oxygens (including phenoxy) is 1. The molecule has 0 fully saturated rings. The molecular weight excluding hydrogens is 476 g/mol. The van der Waals surface area contributed by atoms with Crippen LogP contribution in [-0.4, -0.2) is 28.8 Å². The van der Waals surface area contributed by atoms with Crippen molar-refractivity contribution in [3.05, 3.63) is 94.0 Å². The quantitative estimate of drug-likeness (QED) is 0.148. The summed E-state index contributed by atoms with van der Waals surface area (Å²) in [7, 11) is 1.75. The maximum Gasteiger partial charge on any atom is 0.166 e. The molecule has 0 spiro atoms. The first-order valence-electron chi connectivity index (χ1n) is 12.8. The van der Waals surface area contributed by atoms with Gasteiger partial charge < -0.3 is 20.4 Å². The third kappa shape index (κ3) is 8.73. The summed E-state index contributed by atoms with van der Waals surface area (Å²) < 4.78 is 5.87. The van der Waals surface area contributed by atoms with Crippen molar-refractivity contribution < 1.29 is 19.7 Å². The number of ketones is 1. The molecule has 3 N–H and O–H groups in total. The summed E-state index contributed by atoms with van der Waals surface area (Å²) in [4.78, 5) is 11.9. The molecule has 0 aliphatic carbocycles. The zero-order chi connectivity index (χ0) is 27.4. The molecule has 206 valence electrons. The van der Waals surface area contributed by atoms with E-state index in [0.717, 1.165) is 28.0 Å². The van der Waals surface area contributed by atoms with Gasteiger partial charge in [0, 0.05) is 19.0 Å². The van der Waals surface area contributed by atoms with E-state index in [1.165, 1.54) is 12.8 Å². The van der Waals surface area contributed by atoms with Crippen molar-refractivity contribution in [1.82, 2.24) is 5.43 Å². The molecule has 0 aliphatic rings. The lowest BCUT2D eigenvalue weighted by Crippen LogP contribution is -2.06. The van der Waals surface area contributed by atoms with Gasteiger partial charge in [-0.15, -0.1) is 0 Å². The lowest BCUT2D eigenvalue weighted by atomic mass is 9.98. The van der Waals surface area contributed by atoms with Crippen molar-refractivity contribution >= 4 is 11.5 Å². The molecule has 0 aliphatic heterocycles. The van der Waals surface area contributed by atoms with Gasteiger partial charge >= 0.3 is 0 Å². The number of aliphatic hydroxyl groups excluding tert-OH is 1. The number of aromatic hydroxyl groups is 1. The molecule has 0 aromatic heterocycles. The van der Waals surface area contributed by atoms with E-state index < -0.39 is 6.10 Å². The van der Waals surface area contributed by atoms with Crippen LogP contribution in [0.5, 0.6) is 11.5 Å². The first-order valence-corrected chi connectivity index (χ1v) is 12.8. The molecule has 3 rings (SSSR count). The van der Waals surface area contributed by atoms with Crippen molar-refractivity contribution in [2.45, 2.75) is 74.0 Å². The van der Waals surface area contributed by atoms with Gasteiger partial charge in [0.05, 0.1) is 11.3 Å². The third-order valence-corrected chi connectivity index (χ3v) is 6.09. The number of nitrogens with one attached hydrogen (secondary N) is 1. The smallest absolute Gasteiger partial charge is 0.166 e. The minimum atomic E-state index is -0.759. The first-order chi connectivity index (χ1) is 17.8. The van der Waals surface area contributed by atoms with Gasteiger partial charge in [0.25, 0.3) is 0 Å². The van der Waals surface area contributed by atoms with Crippen LogP contribution in [0.15, 0.2) is 65.8 Å². The second-order valence-corrected chi connectivity index (χ2v) is 8.84. The van der Waals surface area contributed by atoms with Crippen molar-refractivity contribution in [2.75, 3.05) is 7.05 Å². The molecule has 3 aromatic rings. The Morgan fingerprint density at radius 2 is 1.66 bits per heavy atom. The van der Waals surface area contributed by atoms with Crippen LogP contribution in [0.1, 0.15) is 98.7 Å². The molecule has 1 atom stereocenters. The zero-order valence-electron chi connectivity index (χ0n) is 22.8. The number of rotatable bonds is 10. The van der Waals surface area contributed by atoms with Gasteiger partial charge in [0.15, 0.2) is 5.78 Å². The zero-order valence-corrected chi connectivity index (χ0v) is 22.8. The van der Waals surface area contributed by atoms with Crippen molar-refractivity contribution in [3.63, 3.8) is 0 Å². The SMILES string of the molecule is C.CCC(=O)c1ccc(OCc2ccc(C(O)c3cccc(/C(C)=N/NC)c3)cc2)c(C)c1O.CCCC. The van der Waals surface area contributed by atoms with E-state index in [-0.39, 0.29) is 19.0 Å². The Morgan fingerprint density at radius 3 is 2.24 bits per heavy atom. The fourth-order valence-electron chi connectivity index (χ4n) is 3.57. The lowest BCUT2D eigenvalue weighted by Gasteiger charge is -2.15. The fourth-order valence-corrected chi connectivity index (χ4v) is 3.57. The van der Waals surface area contributed by atoms with E-state index in [0.29, 0.717) is 29.9 Å². The molecule has 0 bridgehead atoms. The number of hydrazone groups is 1. The van der Waals surface area contributed by atoms with Gasteiger partial charge in [0.2, 0.25) is 0 Å². The molecule has 0 saturated heterocycles. The molecule has 1 unspecified atom stereocenters. The number of phenolic OH excluding ortho intramolecular Hbond substituents is 1. The van der Waals surface area contributed by atoms with Crippen LogP contribution in [0.2, 0.25) is 0 Å². The minimum Gasteiger partial charge on any atom is -0.507 e. The van der Waals surface area contributed by atoms with E-state index in [9.17, 15) is 15.0 Å². The average molecular weight is 521 g/mol. The number of nitrogens with zero attached hydrogens (tertiary/aromatic N) is 1. The first kappa shape index (κ1) is 32.4.